The van der Waals surface area contributed by atoms with Gasteiger partial charge in [0.05, 0.1) is 12.8 Å². The summed E-state index contributed by atoms with van der Waals surface area (Å²) in [6.45, 7) is 1.76. The highest BCUT2D eigenvalue weighted by Crippen LogP contribution is 2.32. The number of ether oxygens (including phenoxy) is 2. The van der Waals surface area contributed by atoms with Crippen molar-refractivity contribution in [1.82, 2.24) is 5.43 Å². The van der Waals surface area contributed by atoms with Crippen LogP contribution in [-0.4, -0.2) is 25.0 Å². The minimum Gasteiger partial charge on any atom is -0.497 e. The Balaban J connectivity index is 1.81. The van der Waals surface area contributed by atoms with Crippen molar-refractivity contribution in [2.45, 2.75) is 13.3 Å². The Labute approximate surface area is 169 Å². The molecule has 2 aromatic carbocycles. The second-order valence-electron chi connectivity index (χ2n) is 6.40. The zero-order valence-corrected chi connectivity index (χ0v) is 15.9. The molecule has 0 atom stereocenters. The number of nitrogens with one attached hydrogen (secondary N) is 1. The van der Waals surface area contributed by atoms with Gasteiger partial charge in [0.25, 0.3) is 0 Å². The molecule has 3 aromatic rings. The summed E-state index contributed by atoms with van der Waals surface area (Å²) in [7, 11) is 1.56. The third-order valence-corrected chi connectivity index (χ3v) is 4.30. The fraction of sp³-hybridized carbons (Fsp3) is 0.143. The molecule has 2 heterocycles. The lowest BCUT2D eigenvalue weighted by molar-refractivity contribution is -0.274. The van der Waals surface area contributed by atoms with Crippen LogP contribution in [-0.2, 0) is 0 Å². The molecular weight excluding hydrogens is 399 g/mol. The number of rotatable bonds is 4. The van der Waals surface area contributed by atoms with Gasteiger partial charge in [-0.25, -0.2) is 4.99 Å². The number of amidine groups is 1. The van der Waals surface area contributed by atoms with Crippen LogP contribution >= 0.6 is 0 Å². The fourth-order valence-electron chi connectivity index (χ4n) is 2.94. The van der Waals surface area contributed by atoms with E-state index in [0.29, 0.717) is 40.1 Å². The summed E-state index contributed by atoms with van der Waals surface area (Å²) in [6, 6.07) is 14.4. The lowest BCUT2D eigenvalue weighted by atomic mass is 10.1. The Kier molecular flexibility index (Phi) is 4.94. The Morgan fingerprint density at radius 3 is 2.33 bits per heavy atom. The average Bonchev–Trinajstić information content (AvgIpc) is 3.04. The zero-order valence-electron chi connectivity index (χ0n) is 15.9. The van der Waals surface area contributed by atoms with Crippen LogP contribution in [0.5, 0.6) is 11.5 Å². The zero-order chi connectivity index (χ0) is 21.3. The number of alkyl halides is 3. The number of fused-ring (bicyclic) bond motifs is 1. The van der Waals surface area contributed by atoms with E-state index < -0.39 is 6.36 Å². The van der Waals surface area contributed by atoms with Crippen LogP contribution < -0.4 is 14.9 Å². The van der Waals surface area contributed by atoms with E-state index >= 15 is 0 Å². The standard InChI is InChI=1S/C21H16F3N3O3/c1-12-3-10-18(29-12)19-16-11-15(30-21(22,23)24)8-9-17(16)25-20(27-26-19)13-4-6-14(28-2)7-5-13/h3-11H,1-2H3,(H,25,27). The molecule has 0 saturated heterocycles. The van der Waals surface area contributed by atoms with Crippen molar-refractivity contribution >= 4 is 17.2 Å². The Hall–Kier alpha value is -3.75. The number of furan rings is 1. The van der Waals surface area contributed by atoms with Gasteiger partial charge >= 0.3 is 6.36 Å². The lowest BCUT2D eigenvalue weighted by Gasteiger charge is -2.11. The molecular formula is C21H16F3N3O3. The molecule has 0 amide bonds. The number of hydrazone groups is 1. The Morgan fingerprint density at radius 2 is 1.70 bits per heavy atom. The minimum atomic E-state index is -4.81. The topological polar surface area (TPSA) is 68.3 Å². The third kappa shape index (κ3) is 4.14. The van der Waals surface area contributed by atoms with Gasteiger partial charge in [-0.15, -0.1) is 13.2 Å². The maximum absolute atomic E-state index is 12.7. The molecule has 1 N–H and O–H groups in total. The molecule has 0 spiro atoms. The third-order valence-electron chi connectivity index (χ3n) is 4.30. The first-order valence-corrected chi connectivity index (χ1v) is 8.86. The smallest absolute Gasteiger partial charge is 0.497 e. The number of aryl methyl sites for hydroxylation is 1. The molecule has 1 aromatic heterocycles. The molecule has 0 saturated carbocycles. The predicted molar refractivity (Wildman–Crippen MR) is 105 cm³/mol. The van der Waals surface area contributed by atoms with Crippen LogP contribution in [0.25, 0.3) is 0 Å². The molecule has 30 heavy (non-hydrogen) atoms. The molecule has 9 heteroatoms. The second kappa shape index (κ2) is 7.58. The first-order chi connectivity index (χ1) is 14.3. The van der Waals surface area contributed by atoms with Gasteiger partial charge in [0.1, 0.15) is 23.0 Å². The molecule has 6 nitrogen and oxygen atoms in total. The average molecular weight is 415 g/mol. The summed E-state index contributed by atoms with van der Waals surface area (Å²) in [5.74, 6) is 1.74. The van der Waals surface area contributed by atoms with Gasteiger partial charge < -0.3 is 13.9 Å². The van der Waals surface area contributed by atoms with Gasteiger partial charge in [-0.2, -0.15) is 5.10 Å². The maximum Gasteiger partial charge on any atom is 0.573 e. The van der Waals surface area contributed by atoms with Crippen LogP contribution in [0, 0.1) is 6.92 Å². The van der Waals surface area contributed by atoms with Crippen LogP contribution in [0.4, 0.5) is 18.9 Å². The van der Waals surface area contributed by atoms with Crippen LogP contribution in [0.2, 0.25) is 0 Å². The summed E-state index contributed by atoms with van der Waals surface area (Å²) in [4.78, 5) is 4.56. The molecule has 4 rings (SSSR count). The molecule has 1 aliphatic heterocycles. The molecule has 0 fully saturated rings. The number of nitrogens with zero attached hydrogens (tertiary/aromatic N) is 2. The van der Waals surface area contributed by atoms with Crippen LogP contribution in [0.15, 0.2) is 69.1 Å². The summed E-state index contributed by atoms with van der Waals surface area (Å²) in [5, 5.41) is 4.36. The van der Waals surface area contributed by atoms with Gasteiger partial charge in [0.2, 0.25) is 0 Å². The molecule has 0 aliphatic carbocycles. The molecule has 0 radical (unpaired) electrons. The van der Waals surface area contributed by atoms with Crippen molar-refractivity contribution in [3.63, 3.8) is 0 Å². The number of methoxy groups -OCH3 is 1. The highest BCUT2D eigenvalue weighted by Gasteiger charge is 2.32. The summed E-state index contributed by atoms with van der Waals surface area (Å²) < 4.78 is 53.0. The van der Waals surface area contributed by atoms with E-state index in [-0.39, 0.29) is 5.75 Å². The van der Waals surface area contributed by atoms with Crippen molar-refractivity contribution in [2.75, 3.05) is 7.11 Å². The van der Waals surface area contributed by atoms with Crippen LogP contribution in [0.1, 0.15) is 22.6 Å². The monoisotopic (exact) mass is 415 g/mol. The van der Waals surface area contributed by atoms with E-state index in [0.717, 1.165) is 5.56 Å². The highest BCUT2D eigenvalue weighted by atomic mass is 19.4. The number of aliphatic imine (C=N–C) groups is 1. The van der Waals surface area contributed by atoms with E-state index in [1.165, 1.54) is 18.2 Å². The number of hydrogen-bond donors (Lipinski definition) is 1. The maximum atomic E-state index is 12.7. The molecule has 0 bridgehead atoms. The van der Waals surface area contributed by atoms with E-state index in [2.05, 4.69) is 20.3 Å². The molecule has 154 valence electrons. The van der Waals surface area contributed by atoms with Crippen molar-refractivity contribution in [3.05, 3.63) is 77.2 Å². The van der Waals surface area contributed by atoms with E-state index in [1.54, 1.807) is 50.4 Å². The van der Waals surface area contributed by atoms with E-state index in [4.69, 9.17) is 9.15 Å². The van der Waals surface area contributed by atoms with Gasteiger partial charge in [-0.3, -0.25) is 5.43 Å². The van der Waals surface area contributed by atoms with Gasteiger partial charge in [0.15, 0.2) is 11.6 Å². The second-order valence-corrected chi connectivity index (χ2v) is 6.40. The predicted octanol–water partition coefficient (Wildman–Crippen LogP) is 4.93. The van der Waals surface area contributed by atoms with Crippen molar-refractivity contribution in [2.24, 2.45) is 10.1 Å². The Bertz CT molecular complexity index is 1130. The Morgan fingerprint density at radius 1 is 0.967 bits per heavy atom. The SMILES string of the molecule is COc1ccc(C2=Nc3ccc(OC(F)(F)F)cc3C(c3ccc(C)o3)=NN2)cc1. The summed E-state index contributed by atoms with van der Waals surface area (Å²) in [6.07, 6.45) is -4.81. The van der Waals surface area contributed by atoms with Gasteiger partial charge in [-0.1, -0.05) is 0 Å². The van der Waals surface area contributed by atoms with Gasteiger partial charge in [0, 0.05) is 11.1 Å². The van der Waals surface area contributed by atoms with Crippen LogP contribution in [0.3, 0.4) is 0 Å². The first-order valence-electron chi connectivity index (χ1n) is 8.86. The number of hydrogen-bond acceptors (Lipinski definition) is 6. The van der Waals surface area contributed by atoms with Crippen molar-refractivity contribution < 1.29 is 27.1 Å². The lowest BCUT2D eigenvalue weighted by Crippen LogP contribution is -2.19. The summed E-state index contributed by atoms with van der Waals surface area (Å²) >= 11 is 0. The van der Waals surface area contributed by atoms with Crippen molar-refractivity contribution in [1.29, 1.82) is 0 Å². The first kappa shape index (κ1) is 19.6. The molecule has 0 unspecified atom stereocenters. The van der Waals surface area contributed by atoms with Crippen molar-refractivity contribution in [3.8, 4) is 11.5 Å². The number of halogens is 3. The summed E-state index contributed by atoms with van der Waals surface area (Å²) in [5.41, 5.74) is 4.65. The minimum absolute atomic E-state index is 0.304. The molecule has 1 aliphatic rings. The largest absolute Gasteiger partial charge is 0.573 e. The highest BCUT2D eigenvalue weighted by molar-refractivity contribution is 6.16. The van der Waals surface area contributed by atoms with E-state index in [9.17, 15) is 13.2 Å². The normalized spacial score (nSPS) is 13.5. The number of benzene rings is 2. The van der Waals surface area contributed by atoms with Gasteiger partial charge in [-0.05, 0) is 61.5 Å². The van der Waals surface area contributed by atoms with E-state index in [1.807, 2.05) is 0 Å². The fourth-order valence-corrected chi connectivity index (χ4v) is 2.94. The quantitative estimate of drug-likeness (QED) is 0.656.